The summed E-state index contributed by atoms with van der Waals surface area (Å²) in [5.41, 5.74) is -0.507. The maximum atomic E-state index is 13.5. The molecule has 1 amide bonds. The van der Waals surface area contributed by atoms with Gasteiger partial charge in [0.05, 0.1) is 5.56 Å². The molecule has 1 aliphatic carbocycles. The molecule has 1 N–H and O–H groups in total. The predicted octanol–water partition coefficient (Wildman–Crippen LogP) is 2.61. The molecule has 1 aromatic heterocycles. The standard InChI is InChI=1S/C15H14F3N3O/c16-11-4-3-10(12(17)13(11)18)15(22)20-6-8-21-7-5-19-14(21)9-1-2-9/h3-5,7,9H,1-2,6,8H2,(H,20,22). The molecule has 0 spiro atoms. The topological polar surface area (TPSA) is 46.9 Å². The van der Waals surface area contributed by atoms with Gasteiger partial charge in [-0.3, -0.25) is 4.79 Å². The predicted molar refractivity (Wildman–Crippen MR) is 72.9 cm³/mol. The van der Waals surface area contributed by atoms with Crippen LogP contribution in [0, 0.1) is 17.5 Å². The number of imidazole rings is 1. The van der Waals surface area contributed by atoms with Crippen LogP contribution in [0.15, 0.2) is 24.5 Å². The Balaban J connectivity index is 1.61. The molecule has 7 heteroatoms. The van der Waals surface area contributed by atoms with E-state index in [1.165, 1.54) is 0 Å². The Hall–Kier alpha value is -2.31. The smallest absolute Gasteiger partial charge is 0.254 e. The molecule has 22 heavy (non-hydrogen) atoms. The molecule has 1 saturated carbocycles. The molecule has 1 fully saturated rings. The van der Waals surface area contributed by atoms with Gasteiger partial charge in [0.15, 0.2) is 17.5 Å². The molecule has 1 heterocycles. The molecule has 0 atom stereocenters. The van der Waals surface area contributed by atoms with Crippen LogP contribution in [0.25, 0.3) is 0 Å². The molecule has 1 aromatic carbocycles. The largest absolute Gasteiger partial charge is 0.350 e. The first kappa shape index (κ1) is 14.6. The van der Waals surface area contributed by atoms with Gasteiger partial charge in [-0.2, -0.15) is 0 Å². The van der Waals surface area contributed by atoms with E-state index < -0.39 is 28.9 Å². The maximum absolute atomic E-state index is 13.5. The second-order valence-corrected chi connectivity index (χ2v) is 5.23. The lowest BCUT2D eigenvalue weighted by molar-refractivity contribution is 0.0947. The first-order chi connectivity index (χ1) is 10.6. The number of hydrogen-bond donors (Lipinski definition) is 1. The number of aromatic nitrogens is 2. The molecule has 1 aliphatic rings. The summed E-state index contributed by atoms with van der Waals surface area (Å²) in [4.78, 5) is 16.1. The van der Waals surface area contributed by atoms with Crippen LogP contribution in [0.1, 0.15) is 34.9 Å². The summed E-state index contributed by atoms with van der Waals surface area (Å²) in [6, 6.07) is 1.66. The van der Waals surface area contributed by atoms with Crippen molar-refractivity contribution in [3.05, 3.63) is 53.4 Å². The molecule has 4 nitrogen and oxygen atoms in total. The molecular formula is C15H14F3N3O. The van der Waals surface area contributed by atoms with Crippen LogP contribution in [0.2, 0.25) is 0 Å². The molecule has 0 unspecified atom stereocenters. The zero-order chi connectivity index (χ0) is 15.7. The van der Waals surface area contributed by atoms with E-state index in [0.717, 1.165) is 30.8 Å². The summed E-state index contributed by atoms with van der Waals surface area (Å²) in [6.45, 7) is 0.732. The number of hydrogen-bond acceptors (Lipinski definition) is 2. The minimum Gasteiger partial charge on any atom is -0.350 e. The van der Waals surface area contributed by atoms with Crippen LogP contribution >= 0.6 is 0 Å². The average molecular weight is 309 g/mol. The maximum Gasteiger partial charge on any atom is 0.254 e. The van der Waals surface area contributed by atoms with Gasteiger partial charge >= 0.3 is 0 Å². The summed E-state index contributed by atoms with van der Waals surface area (Å²) in [5.74, 6) is -3.74. The van der Waals surface area contributed by atoms with Gasteiger partial charge in [0.1, 0.15) is 5.82 Å². The number of amides is 1. The highest BCUT2D eigenvalue weighted by Crippen LogP contribution is 2.38. The number of nitrogens with one attached hydrogen (secondary N) is 1. The van der Waals surface area contributed by atoms with E-state index in [9.17, 15) is 18.0 Å². The lowest BCUT2D eigenvalue weighted by atomic mass is 10.2. The fourth-order valence-electron chi connectivity index (χ4n) is 2.30. The molecule has 0 radical (unpaired) electrons. The van der Waals surface area contributed by atoms with Gasteiger partial charge in [0.25, 0.3) is 5.91 Å². The number of halogens is 3. The van der Waals surface area contributed by atoms with Crippen molar-refractivity contribution in [2.24, 2.45) is 0 Å². The van der Waals surface area contributed by atoms with Gasteiger partial charge < -0.3 is 9.88 Å². The van der Waals surface area contributed by atoms with Crippen LogP contribution in [0.3, 0.4) is 0 Å². The van der Waals surface area contributed by atoms with Crippen molar-refractivity contribution < 1.29 is 18.0 Å². The Kier molecular flexibility index (Phi) is 3.87. The Labute approximate surface area is 125 Å². The lowest BCUT2D eigenvalue weighted by Gasteiger charge is -2.09. The Morgan fingerprint density at radius 2 is 2.05 bits per heavy atom. The third-order valence-corrected chi connectivity index (χ3v) is 3.61. The van der Waals surface area contributed by atoms with Gasteiger partial charge in [-0.25, -0.2) is 18.2 Å². The van der Waals surface area contributed by atoms with Crippen LogP contribution in [0.4, 0.5) is 13.2 Å². The van der Waals surface area contributed by atoms with Crippen LogP contribution in [0.5, 0.6) is 0 Å². The zero-order valence-electron chi connectivity index (χ0n) is 11.7. The second-order valence-electron chi connectivity index (χ2n) is 5.23. The van der Waals surface area contributed by atoms with Crippen molar-refractivity contribution in [3.63, 3.8) is 0 Å². The number of carbonyl (C=O) groups is 1. The van der Waals surface area contributed by atoms with E-state index in [-0.39, 0.29) is 6.54 Å². The van der Waals surface area contributed by atoms with E-state index in [1.54, 1.807) is 6.20 Å². The van der Waals surface area contributed by atoms with Crippen molar-refractivity contribution in [1.29, 1.82) is 0 Å². The molecule has 0 aliphatic heterocycles. The third-order valence-electron chi connectivity index (χ3n) is 3.61. The summed E-state index contributed by atoms with van der Waals surface area (Å²) in [7, 11) is 0. The van der Waals surface area contributed by atoms with Gasteiger partial charge in [-0.05, 0) is 25.0 Å². The fraction of sp³-hybridized carbons (Fsp3) is 0.333. The molecule has 2 aromatic rings. The molecular weight excluding hydrogens is 295 g/mol. The minimum absolute atomic E-state index is 0.243. The number of carbonyl (C=O) groups excluding carboxylic acids is 1. The normalized spacial score (nSPS) is 14.1. The summed E-state index contributed by atoms with van der Waals surface area (Å²) >= 11 is 0. The average Bonchev–Trinajstić information content (AvgIpc) is 3.24. The Bertz CT molecular complexity index is 710. The molecule has 0 bridgehead atoms. The van der Waals surface area contributed by atoms with E-state index in [1.807, 2.05) is 10.8 Å². The highest BCUT2D eigenvalue weighted by molar-refractivity contribution is 5.94. The quantitative estimate of drug-likeness (QED) is 0.863. The fourth-order valence-corrected chi connectivity index (χ4v) is 2.30. The van der Waals surface area contributed by atoms with E-state index in [2.05, 4.69) is 10.3 Å². The van der Waals surface area contributed by atoms with Crippen molar-refractivity contribution in [3.8, 4) is 0 Å². The van der Waals surface area contributed by atoms with Crippen LogP contribution in [-0.2, 0) is 6.54 Å². The van der Waals surface area contributed by atoms with Crippen LogP contribution < -0.4 is 5.32 Å². The number of rotatable bonds is 5. The highest BCUT2D eigenvalue weighted by atomic mass is 19.2. The summed E-state index contributed by atoms with van der Waals surface area (Å²) in [5, 5.41) is 2.49. The lowest BCUT2D eigenvalue weighted by Crippen LogP contribution is -2.28. The Morgan fingerprint density at radius 3 is 2.77 bits per heavy atom. The SMILES string of the molecule is O=C(NCCn1ccnc1C1CC1)c1ccc(F)c(F)c1F. The monoisotopic (exact) mass is 309 g/mol. The number of benzene rings is 1. The Morgan fingerprint density at radius 1 is 1.27 bits per heavy atom. The first-order valence-electron chi connectivity index (χ1n) is 7.00. The van der Waals surface area contributed by atoms with E-state index >= 15 is 0 Å². The van der Waals surface area contributed by atoms with E-state index in [4.69, 9.17) is 0 Å². The molecule has 3 rings (SSSR count). The van der Waals surface area contributed by atoms with Gasteiger partial charge in [0, 0.05) is 31.4 Å². The zero-order valence-corrected chi connectivity index (χ0v) is 11.7. The van der Waals surface area contributed by atoms with Crippen molar-refractivity contribution in [1.82, 2.24) is 14.9 Å². The first-order valence-corrected chi connectivity index (χ1v) is 7.00. The van der Waals surface area contributed by atoms with Gasteiger partial charge in [0.2, 0.25) is 0 Å². The summed E-state index contributed by atoms with van der Waals surface area (Å²) in [6.07, 6.45) is 5.75. The van der Waals surface area contributed by atoms with Crippen molar-refractivity contribution >= 4 is 5.91 Å². The van der Waals surface area contributed by atoms with Gasteiger partial charge in [-0.15, -0.1) is 0 Å². The third kappa shape index (κ3) is 2.84. The molecule has 116 valence electrons. The van der Waals surface area contributed by atoms with Crippen LogP contribution in [-0.4, -0.2) is 22.0 Å². The van der Waals surface area contributed by atoms with Crippen molar-refractivity contribution in [2.45, 2.75) is 25.3 Å². The second kappa shape index (κ2) is 5.82. The summed E-state index contributed by atoms with van der Waals surface area (Å²) < 4.78 is 41.4. The number of nitrogens with zero attached hydrogens (tertiary/aromatic N) is 2. The minimum atomic E-state index is -1.64. The highest BCUT2D eigenvalue weighted by Gasteiger charge is 2.27. The molecule has 0 saturated heterocycles. The van der Waals surface area contributed by atoms with Gasteiger partial charge in [-0.1, -0.05) is 0 Å². The van der Waals surface area contributed by atoms with E-state index in [0.29, 0.717) is 12.5 Å². The van der Waals surface area contributed by atoms with Crippen molar-refractivity contribution in [2.75, 3.05) is 6.54 Å².